The standard InChI is InChI=1S/C9H13N5O2/c1-15-5-2-6(10)9-13-8(14-16-9)7-11-3-4-12-7/h3-4,6H,2,5,10H2,1H3,(H,11,12). The van der Waals surface area contributed by atoms with Gasteiger partial charge in [0.05, 0.1) is 6.04 Å². The van der Waals surface area contributed by atoms with E-state index in [-0.39, 0.29) is 6.04 Å². The Hall–Kier alpha value is -1.73. The predicted molar refractivity (Wildman–Crippen MR) is 55.3 cm³/mol. The maximum absolute atomic E-state index is 5.84. The summed E-state index contributed by atoms with van der Waals surface area (Å²) < 4.78 is 9.97. The summed E-state index contributed by atoms with van der Waals surface area (Å²) in [5.74, 6) is 1.37. The SMILES string of the molecule is COCCC(N)c1nc(-c2ncc[nH]2)no1. The molecule has 0 saturated heterocycles. The number of hydrogen-bond donors (Lipinski definition) is 2. The van der Waals surface area contributed by atoms with Crippen molar-refractivity contribution < 1.29 is 9.26 Å². The van der Waals surface area contributed by atoms with E-state index in [0.29, 0.717) is 30.6 Å². The molecule has 7 heteroatoms. The van der Waals surface area contributed by atoms with E-state index in [2.05, 4.69) is 20.1 Å². The zero-order valence-electron chi connectivity index (χ0n) is 8.88. The van der Waals surface area contributed by atoms with Gasteiger partial charge in [-0.15, -0.1) is 0 Å². The number of aromatic amines is 1. The fraction of sp³-hybridized carbons (Fsp3) is 0.444. The average Bonchev–Trinajstić information content (AvgIpc) is 2.94. The molecule has 0 aliphatic carbocycles. The van der Waals surface area contributed by atoms with Gasteiger partial charge in [-0.3, -0.25) is 0 Å². The Kier molecular flexibility index (Phi) is 3.28. The van der Waals surface area contributed by atoms with E-state index < -0.39 is 0 Å². The van der Waals surface area contributed by atoms with Gasteiger partial charge in [0.1, 0.15) is 0 Å². The molecule has 0 bridgehead atoms. The van der Waals surface area contributed by atoms with Crippen LogP contribution in [0.25, 0.3) is 11.6 Å². The highest BCUT2D eigenvalue weighted by Crippen LogP contribution is 2.15. The van der Waals surface area contributed by atoms with E-state index >= 15 is 0 Å². The third kappa shape index (κ3) is 2.26. The van der Waals surface area contributed by atoms with Gasteiger partial charge in [0.25, 0.3) is 0 Å². The Bertz CT molecular complexity index is 425. The second-order valence-corrected chi connectivity index (χ2v) is 3.28. The van der Waals surface area contributed by atoms with Crippen molar-refractivity contribution in [3.05, 3.63) is 18.3 Å². The summed E-state index contributed by atoms with van der Waals surface area (Å²) in [4.78, 5) is 11.1. The van der Waals surface area contributed by atoms with Gasteiger partial charge in [-0.25, -0.2) is 4.98 Å². The molecule has 7 nitrogen and oxygen atoms in total. The van der Waals surface area contributed by atoms with Crippen molar-refractivity contribution in [3.8, 4) is 11.6 Å². The Labute approximate surface area is 92.0 Å². The molecule has 0 aromatic carbocycles. The van der Waals surface area contributed by atoms with Crippen LogP contribution in [0.2, 0.25) is 0 Å². The molecule has 0 saturated carbocycles. The number of ether oxygens (including phenoxy) is 1. The molecule has 2 rings (SSSR count). The van der Waals surface area contributed by atoms with Crippen LogP contribution in [0, 0.1) is 0 Å². The minimum absolute atomic E-state index is 0.309. The highest BCUT2D eigenvalue weighted by Gasteiger charge is 2.16. The van der Waals surface area contributed by atoms with E-state index in [1.165, 1.54) is 0 Å². The number of H-pyrrole nitrogens is 1. The number of nitrogens with one attached hydrogen (secondary N) is 1. The summed E-state index contributed by atoms with van der Waals surface area (Å²) in [7, 11) is 1.62. The monoisotopic (exact) mass is 223 g/mol. The van der Waals surface area contributed by atoms with Crippen molar-refractivity contribution in [3.63, 3.8) is 0 Å². The van der Waals surface area contributed by atoms with Gasteiger partial charge in [-0.1, -0.05) is 5.16 Å². The van der Waals surface area contributed by atoms with Gasteiger partial charge in [-0.2, -0.15) is 4.98 Å². The van der Waals surface area contributed by atoms with E-state index in [0.717, 1.165) is 0 Å². The normalized spacial score (nSPS) is 12.9. The van der Waals surface area contributed by atoms with Gasteiger partial charge >= 0.3 is 0 Å². The van der Waals surface area contributed by atoms with Gasteiger partial charge in [0.15, 0.2) is 5.82 Å². The molecule has 86 valence electrons. The fourth-order valence-electron chi connectivity index (χ4n) is 1.24. The highest BCUT2D eigenvalue weighted by molar-refractivity contribution is 5.40. The van der Waals surface area contributed by atoms with Crippen LogP contribution in [0.15, 0.2) is 16.9 Å². The molecular weight excluding hydrogens is 210 g/mol. The van der Waals surface area contributed by atoms with Crippen LogP contribution < -0.4 is 5.73 Å². The molecular formula is C9H13N5O2. The lowest BCUT2D eigenvalue weighted by Crippen LogP contribution is -2.13. The van der Waals surface area contributed by atoms with Crippen LogP contribution in [0.4, 0.5) is 0 Å². The smallest absolute Gasteiger partial charge is 0.244 e. The Balaban J connectivity index is 2.07. The number of nitrogens with zero attached hydrogens (tertiary/aromatic N) is 3. The van der Waals surface area contributed by atoms with Gasteiger partial charge < -0.3 is 20.0 Å². The average molecular weight is 223 g/mol. The molecule has 2 heterocycles. The van der Waals surface area contributed by atoms with Gasteiger partial charge in [0.2, 0.25) is 11.7 Å². The zero-order valence-corrected chi connectivity index (χ0v) is 8.88. The van der Waals surface area contributed by atoms with Crippen LogP contribution >= 0.6 is 0 Å². The third-order valence-corrected chi connectivity index (χ3v) is 2.10. The minimum Gasteiger partial charge on any atom is -0.385 e. The van der Waals surface area contributed by atoms with Crippen LogP contribution in [-0.2, 0) is 4.74 Å². The Morgan fingerprint density at radius 3 is 3.19 bits per heavy atom. The van der Waals surface area contributed by atoms with E-state index in [1.54, 1.807) is 19.5 Å². The summed E-state index contributed by atoms with van der Waals surface area (Å²) in [6, 6.07) is -0.309. The Morgan fingerprint density at radius 1 is 1.62 bits per heavy atom. The van der Waals surface area contributed by atoms with Crippen molar-refractivity contribution in [2.75, 3.05) is 13.7 Å². The maximum Gasteiger partial charge on any atom is 0.244 e. The summed E-state index contributed by atoms with van der Waals surface area (Å²) in [5, 5.41) is 3.79. The molecule has 0 aliphatic heterocycles. The summed E-state index contributed by atoms with van der Waals surface area (Å²) in [6.45, 7) is 0.555. The topological polar surface area (TPSA) is 103 Å². The quantitative estimate of drug-likeness (QED) is 0.764. The third-order valence-electron chi connectivity index (χ3n) is 2.10. The lowest BCUT2D eigenvalue weighted by molar-refractivity contribution is 0.182. The zero-order chi connectivity index (χ0) is 11.4. The molecule has 2 aromatic heterocycles. The first kappa shape index (κ1) is 10.8. The first-order valence-electron chi connectivity index (χ1n) is 4.89. The summed E-state index contributed by atoms with van der Waals surface area (Å²) in [6.07, 6.45) is 3.95. The minimum atomic E-state index is -0.309. The maximum atomic E-state index is 5.84. The first-order valence-corrected chi connectivity index (χ1v) is 4.89. The molecule has 1 unspecified atom stereocenters. The van der Waals surface area contributed by atoms with Crippen molar-refractivity contribution >= 4 is 0 Å². The molecule has 3 N–H and O–H groups in total. The second-order valence-electron chi connectivity index (χ2n) is 3.28. The number of nitrogens with two attached hydrogens (primary N) is 1. The van der Waals surface area contributed by atoms with Crippen LogP contribution in [-0.4, -0.2) is 33.8 Å². The van der Waals surface area contributed by atoms with Crippen LogP contribution in [0.1, 0.15) is 18.4 Å². The van der Waals surface area contributed by atoms with E-state index in [4.69, 9.17) is 15.0 Å². The van der Waals surface area contributed by atoms with Crippen molar-refractivity contribution in [2.45, 2.75) is 12.5 Å². The number of methoxy groups -OCH3 is 1. The Morgan fingerprint density at radius 2 is 2.50 bits per heavy atom. The predicted octanol–water partition coefficient (Wildman–Crippen LogP) is 0.496. The first-order chi connectivity index (χ1) is 7.81. The van der Waals surface area contributed by atoms with E-state index in [1.807, 2.05) is 0 Å². The molecule has 0 spiro atoms. The molecule has 0 fully saturated rings. The molecule has 0 aliphatic rings. The lowest BCUT2D eigenvalue weighted by atomic mass is 10.2. The second kappa shape index (κ2) is 4.86. The lowest BCUT2D eigenvalue weighted by Gasteiger charge is -2.03. The van der Waals surface area contributed by atoms with Crippen LogP contribution in [0.3, 0.4) is 0 Å². The number of rotatable bonds is 5. The largest absolute Gasteiger partial charge is 0.385 e. The molecule has 16 heavy (non-hydrogen) atoms. The summed E-state index contributed by atoms with van der Waals surface area (Å²) >= 11 is 0. The number of imidazole rings is 1. The molecule has 0 radical (unpaired) electrons. The van der Waals surface area contributed by atoms with E-state index in [9.17, 15) is 0 Å². The van der Waals surface area contributed by atoms with Crippen molar-refractivity contribution in [1.29, 1.82) is 0 Å². The molecule has 0 amide bonds. The number of aromatic nitrogens is 4. The van der Waals surface area contributed by atoms with Crippen molar-refractivity contribution in [1.82, 2.24) is 20.1 Å². The number of hydrogen-bond acceptors (Lipinski definition) is 6. The highest BCUT2D eigenvalue weighted by atomic mass is 16.5. The summed E-state index contributed by atoms with van der Waals surface area (Å²) in [5.41, 5.74) is 5.84. The molecule has 2 aromatic rings. The fourth-order valence-corrected chi connectivity index (χ4v) is 1.24. The van der Waals surface area contributed by atoms with Crippen molar-refractivity contribution in [2.24, 2.45) is 5.73 Å². The van der Waals surface area contributed by atoms with Crippen LogP contribution in [0.5, 0.6) is 0 Å². The van der Waals surface area contributed by atoms with Gasteiger partial charge in [-0.05, 0) is 6.42 Å². The van der Waals surface area contributed by atoms with Gasteiger partial charge in [0, 0.05) is 26.1 Å². The molecule has 1 atom stereocenters.